The highest BCUT2D eigenvalue weighted by Crippen LogP contribution is 2.40. The largest absolute Gasteiger partial charge is 0.373 e. The van der Waals surface area contributed by atoms with Crippen LogP contribution in [0.5, 0.6) is 0 Å². The van der Waals surface area contributed by atoms with Crippen LogP contribution in [0.15, 0.2) is 0 Å². The average Bonchev–Trinajstić information content (AvgIpc) is 2.53. The zero-order valence-electron chi connectivity index (χ0n) is 6.94. The quantitative estimate of drug-likeness (QED) is 0.542. The van der Waals surface area contributed by atoms with E-state index in [9.17, 15) is 9.90 Å². The van der Waals surface area contributed by atoms with Gasteiger partial charge in [-0.25, -0.2) is 4.79 Å². The van der Waals surface area contributed by atoms with Crippen LogP contribution in [-0.2, 0) is 0 Å². The Labute approximate surface area is 71.3 Å². The number of aliphatic hydroxyl groups excluding tert-OH is 1. The van der Waals surface area contributed by atoms with Crippen molar-refractivity contribution in [2.24, 2.45) is 17.6 Å². The van der Waals surface area contributed by atoms with E-state index in [1.165, 1.54) is 11.3 Å². The van der Waals surface area contributed by atoms with Gasteiger partial charge in [0.1, 0.15) is 6.23 Å². The first-order chi connectivity index (χ1) is 5.70. The first-order valence-corrected chi connectivity index (χ1v) is 4.44. The predicted octanol–water partition coefficient (Wildman–Crippen LogP) is 0.115. The van der Waals surface area contributed by atoms with E-state index in [0.29, 0.717) is 12.5 Å². The van der Waals surface area contributed by atoms with E-state index < -0.39 is 12.3 Å². The summed E-state index contributed by atoms with van der Waals surface area (Å²) in [4.78, 5) is 12.2. The molecule has 3 atom stereocenters. The summed E-state index contributed by atoms with van der Waals surface area (Å²) in [6.07, 6.45) is 2.73. The number of primary amides is 1. The van der Waals surface area contributed by atoms with Crippen molar-refractivity contribution in [2.45, 2.75) is 25.5 Å². The van der Waals surface area contributed by atoms with Crippen molar-refractivity contribution < 1.29 is 9.90 Å². The van der Waals surface area contributed by atoms with Crippen molar-refractivity contribution in [3.8, 4) is 0 Å². The van der Waals surface area contributed by atoms with Crippen LogP contribution in [0.3, 0.4) is 0 Å². The van der Waals surface area contributed by atoms with E-state index >= 15 is 0 Å². The van der Waals surface area contributed by atoms with Gasteiger partial charge in [0.25, 0.3) is 0 Å². The molecule has 1 saturated heterocycles. The Morgan fingerprint density at radius 1 is 1.50 bits per heavy atom. The number of rotatable bonds is 0. The molecule has 1 aliphatic heterocycles. The molecule has 0 aromatic rings. The second-order valence-electron chi connectivity index (χ2n) is 3.76. The summed E-state index contributed by atoms with van der Waals surface area (Å²) >= 11 is 0. The molecule has 1 heterocycles. The van der Waals surface area contributed by atoms with Gasteiger partial charge in [-0.15, -0.1) is 0 Å². The summed E-state index contributed by atoms with van der Waals surface area (Å²) in [6, 6.07) is -0.489. The number of hydrogen-bond acceptors (Lipinski definition) is 2. The maximum Gasteiger partial charge on any atom is 0.316 e. The van der Waals surface area contributed by atoms with Gasteiger partial charge >= 0.3 is 6.03 Å². The molecule has 3 N–H and O–H groups in total. The summed E-state index contributed by atoms with van der Waals surface area (Å²) < 4.78 is 0. The Balaban J connectivity index is 2.10. The highest BCUT2D eigenvalue weighted by molar-refractivity contribution is 5.72. The molecule has 0 spiro atoms. The van der Waals surface area contributed by atoms with Crippen LogP contribution >= 0.6 is 0 Å². The zero-order chi connectivity index (χ0) is 8.72. The molecule has 0 radical (unpaired) electrons. The fraction of sp³-hybridized carbons (Fsp3) is 0.875. The first-order valence-electron chi connectivity index (χ1n) is 4.44. The van der Waals surface area contributed by atoms with Crippen molar-refractivity contribution in [3.63, 3.8) is 0 Å². The van der Waals surface area contributed by atoms with Crippen molar-refractivity contribution in [3.05, 3.63) is 0 Å². The van der Waals surface area contributed by atoms with E-state index in [4.69, 9.17) is 5.73 Å². The number of carbonyl (C=O) groups excluding carboxylic acids is 1. The maximum absolute atomic E-state index is 10.8. The lowest BCUT2D eigenvalue weighted by Crippen LogP contribution is -2.41. The molecule has 0 bridgehead atoms. The van der Waals surface area contributed by atoms with Gasteiger partial charge in [0.15, 0.2) is 0 Å². The van der Waals surface area contributed by atoms with Gasteiger partial charge < -0.3 is 10.8 Å². The third-order valence-corrected chi connectivity index (χ3v) is 3.13. The van der Waals surface area contributed by atoms with E-state index in [2.05, 4.69) is 0 Å². The molecule has 1 saturated carbocycles. The molecule has 4 heteroatoms. The number of fused-ring (bicyclic) bond motifs is 1. The average molecular weight is 170 g/mol. The summed E-state index contributed by atoms with van der Waals surface area (Å²) in [5, 5.41) is 9.65. The molecule has 1 aliphatic carbocycles. The van der Waals surface area contributed by atoms with Gasteiger partial charge in [-0.05, 0) is 18.8 Å². The number of nitrogens with zero attached hydrogens (tertiary/aromatic N) is 1. The van der Waals surface area contributed by atoms with Crippen molar-refractivity contribution in [2.75, 3.05) is 6.54 Å². The first kappa shape index (κ1) is 7.86. The van der Waals surface area contributed by atoms with Crippen LogP contribution < -0.4 is 5.73 Å². The molecular weight excluding hydrogens is 156 g/mol. The Morgan fingerprint density at radius 2 is 2.25 bits per heavy atom. The SMILES string of the molecule is NC(=O)N1CC2CCCC2C1O. The fourth-order valence-corrected chi connectivity index (χ4v) is 2.50. The molecule has 12 heavy (non-hydrogen) atoms. The lowest BCUT2D eigenvalue weighted by Gasteiger charge is -2.20. The minimum atomic E-state index is -0.616. The van der Waals surface area contributed by atoms with E-state index in [1.54, 1.807) is 0 Å². The van der Waals surface area contributed by atoms with Gasteiger partial charge in [-0.3, -0.25) is 4.90 Å². The Morgan fingerprint density at radius 3 is 2.83 bits per heavy atom. The van der Waals surface area contributed by atoms with E-state index in [1.807, 2.05) is 0 Å². The number of likely N-dealkylation sites (tertiary alicyclic amines) is 1. The lowest BCUT2D eigenvalue weighted by atomic mass is 10.00. The van der Waals surface area contributed by atoms with Gasteiger partial charge in [0.2, 0.25) is 0 Å². The molecule has 4 nitrogen and oxygen atoms in total. The van der Waals surface area contributed by atoms with Gasteiger partial charge in [0.05, 0.1) is 0 Å². The maximum atomic E-state index is 10.8. The number of carbonyl (C=O) groups is 1. The van der Waals surface area contributed by atoms with Gasteiger partial charge in [0, 0.05) is 12.5 Å². The molecule has 68 valence electrons. The molecule has 2 rings (SSSR count). The number of aliphatic hydroxyl groups is 1. The minimum absolute atomic E-state index is 0.289. The molecule has 2 amide bonds. The van der Waals surface area contributed by atoms with Crippen LogP contribution in [0.1, 0.15) is 19.3 Å². The lowest BCUT2D eigenvalue weighted by molar-refractivity contribution is 0.0318. The Hall–Kier alpha value is -0.770. The molecule has 2 aliphatic rings. The smallest absolute Gasteiger partial charge is 0.316 e. The van der Waals surface area contributed by atoms with Gasteiger partial charge in [-0.2, -0.15) is 0 Å². The summed E-state index contributed by atoms with van der Waals surface area (Å²) in [7, 11) is 0. The molecule has 0 aromatic heterocycles. The number of amides is 2. The second-order valence-corrected chi connectivity index (χ2v) is 3.76. The fourth-order valence-electron chi connectivity index (χ4n) is 2.50. The van der Waals surface area contributed by atoms with Crippen LogP contribution in [0.4, 0.5) is 4.79 Å². The summed E-state index contributed by atoms with van der Waals surface area (Å²) in [5.74, 6) is 0.782. The number of nitrogens with two attached hydrogens (primary N) is 1. The minimum Gasteiger partial charge on any atom is -0.373 e. The summed E-state index contributed by atoms with van der Waals surface area (Å²) in [6.45, 7) is 0.654. The zero-order valence-corrected chi connectivity index (χ0v) is 6.94. The number of urea groups is 1. The van der Waals surface area contributed by atoms with Crippen molar-refractivity contribution >= 4 is 6.03 Å². The predicted molar refractivity (Wildman–Crippen MR) is 43.1 cm³/mol. The van der Waals surface area contributed by atoms with E-state index in [0.717, 1.165) is 12.8 Å². The summed E-state index contributed by atoms with van der Waals surface area (Å²) in [5.41, 5.74) is 5.12. The van der Waals surface area contributed by atoms with Crippen LogP contribution in [0, 0.1) is 11.8 Å². The molecule has 2 fully saturated rings. The highest BCUT2D eigenvalue weighted by Gasteiger charge is 2.44. The topological polar surface area (TPSA) is 66.6 Å². The third kappa shape index (κ3) is 0.982. The third-order valence-electron chi connectivity index (χ3n) is 3.13. The van der Waals surface area contributed by atoms with Crippen LogP contribution in [0.2, 0.25) is 0 Å². The monoisotopic (exact) mass is 170 g/mol. The Bertz CT molecular complexity index is 207. The normalized spacial score (nSPS) is 40.1. The second kappa shape index (κ2) is 2.62. The highest BCUT2D eigenvalue weighted by atomic mass is 16.3. The van der Waals surface area contributed by atoms with E-state index in [-0.39, 0.29) is 5.92 Å². The molecule has 0 aromatic carbocycles. The number of hydrogen-bond donors (Lipinski definition) is 2. The van der Waals surface area contributed by atoms with Crippen molar-refractivity contribution in [1.29, 1.82) is 0 Å². The molecule has 3 unspecified atom stereocenters. The van der Waals surface area contributed by atoms with Gasteiger partial charge in [-0.1, -0.05) is 6.42 Å². The van der Waals surface area contributed by atoms with Crippen LogP contribution in [0.25, 0.3) is 0 Å². The standard InChI is InChI=1S/C8H14N2O2/c9-8(12)10-4-5-2-1-3-6(5)7(10)11/h5-7,11H,1-4H2,(H2,9,12). The van der Waals surface area contributed by atoms with Crippen molar-refractivity contribution in [1.82, 2.24) is 4.90 Å². The molecular formula is C8H14N2O2. The Kier molecular flexibility index (Phi) is 1.72. The van der Waals surface area contributed by atoms with Crippen LogP contribution in [-0.4, -0.2) is 28.8 Å².